The summed E-state index contributed by atoms with van der Waals surface area (Å²) in [5, 5.41) is 3.04. The molecule has 0 heterocycles. The van der Waals surface area contributed by atoms with E-state index in [0.717, 1.165) is 30.6 Å². The van der Waals surface area contributed by atoms with Crippen molar-refractivity contribution in [3.63, 3.8) is 0 Å². The van der Waals surface area contributed by atoms with Crippen molar-refractivity contribution in [3.05, 3.63) is 35.9 Å². The van der Waals surface area contributed by atoms with E-state index in [2.05, 4.69) is 5.32 Å². The summed E-state index contributed by atoms with van der Waals surface area (Å²) in [5.74, 6) is 0.645. The first kappa shape index (κ1) is 21.0. The van der Waals surface area contributed by atoms with Gasteiger partial charge in [0.05, 0.1) is 6.61 Å². The summed E-state index contributed by atoms with van der Waals surface area (Å²) >= 11 is 0. The van der Waals surface area contributed by atoms with Crippen LogP contribution in [0.4, 0.5) is 0 Å². The molecule has 1 N–H and O–H groups in total. The van der Waals surface area contributed by atoms with Crippen molar-refractivity contribution in [1.29, 1.82) is 0 Å². The smallest absolute Gasteiger partial charge is 0.248 e. The molecule has 0 saturated heterocycles. The Morgan fingerprint density at radius 3 is 2.26 bits per heavy atom. The van der Waals surface area contributed by atoms with Crippen molar-refractivity contribution in [3.8, 4) is 5.75 Å². The van der Waals surface area contributed by atoms with Crippen molar-refractivity contribution in [1.82, 2.24) is 10.2 Å². The second kappa shape index (κ2) is 10.1. The van der Waals surface area contributed by atoms with Gasteiger partial charge in [-0.05, 0) is 57.4 Å². The highest BCUT2D eigenvalue weighted by Gasteiger charge is 2.42. The third-order valence-corrected chi connectivity index (χ3v) is 5.15. The van der Waals surface area contributed by atoms with Gasteiger partial charge in [-0.2, -0.15) is 0 Å². The minimum absolute atomic E-state index is 0.0509. The number of hydrogen-bond donors (Lipinski definition) is 1. The van der Waals surface area contributed by atoms with Gasteiger partial charge in [0.15, 0.2) is 0 Å². The zero-order chi connectivity index (χ0) is 19.7. The largest absolute Gasteiger partial charge is 0.494 e. The molecule has 0 atom stereocenters. The van der Waals surface area contributed by atoms with Crippen LogP contribution in [0.15, 0.2) is 30.3 Å². The monoisotopic (exact) mass is 372 g/mol. The molecule has 148 valence electrons. The number of carbonyl (C=O) groups excluding carboxylic acids is 2. The van der Waals surface area contributed by atoms with E-state index in [-0.39, 0.29) is 11.8 Å². The van der Waals surface area contributed by atoms with E-state index in [1.54, 1.807) is 6.08 Å². The Morgan fingerprint density at radius 2 is 1.70 bits per heavy atom. The van der Waals surface area contributed by atoms with Crippen molar-refractivity contribution < 1.29 is 14.3 Å². The number of likely N-dealkylation sites (N-methyl/N-ethyl adjacent to an activating group) is 1. The number of rotatable bonds is 8. The second-order valence-corrected chi connectivity index (χ2v) is 6.94. The molecular weight excluding hydrogens is 340 g/mol. The fourth-order valence-corrected chi connectivity index (χ4v) is 3.65. The summed E-state index contributed by atoms with van der Waals surface area (Å²) in [6.45, 7) is 7.85. The maximum atomic E-state index is 13.1. The molecule has 1 saturated carbocycles. The second-order valence-electron chi connectivity index (χ2n) is 6.94. The standard InChI is InChI=1S/C22H32N2O3/c1-4-24(5-2)21(26)22(16-8-7-9-17-22)23-20(25)15-12-18-10-13-19(14-11-18)27-6-3/h10-15H,4-9,16-17H2,1-3H3,(H,23,25). The van der Waals surface area contributed by atoms with E-state index in [4.69, 9.17) is 4.74 Å². The van der Waals surface area contributed by atoms with Crippen LogP contribution in [0.5, 0.6) is 5.75 Å². The summed E-state index contributed by atoms with van der Waals surface area (Å²) in [6.07, 6.45) is 7.76. The number of carbonyl (C=O) groups is 2. The highest BCUT2D eigenvalue weighted by Crippen LogP contribution is 2.30. The van der Waals surface area contributed by atoms with Gasteiger partial charge in [-0.15, -0.1) is 0 Å². The van der Waals surface area contributed by atoms with Crippen LogP contribution in [-0.2, 0) is 9.59 Å². The zero-order valence-corrected chi connectivity index (χ0v) is 16.8. The van der Waals surface area contributed by atoms with Crippen molar-refractivity contribution in [2.45, 2.75) is 58.4 Å². The van der Waals surface area contributed by atoms with Gasteiger partial charge in [0.1, 0.15) is 11.3 Å². The molecule has 2 rings (SSSR count). The number of benzene rings is 1. The molecule has 27 heavy (non-hydrogen) atoms. The fourth-order valence-electron chi connectivity index (χ4n) is 3.65. The molecule has 1 aromatic rings. The van der Waals surface area contributed by atoms with E-state index in [0.29, 0.717) is 32.5 Å². The first-order valence-electron chi connectivity index (χ1n) is 10.1. The number of nitrogens with zero attached hydrogens (tertiary/aromatic N) is 1. The summed E-state index contributed by atoms with van der Waals surface area (Å²) in [6, 6.07) is 7.58. The lowest BCUT2D eigenvalue weighted by molar-refractivity contribution is -0.142. The maximum Gasteiger partial charge on any atom is 0.248 e. The maximum absolute atomic E-state index is 13.1. The van der Waals surface area contributed by atoms with E-state index >= 15 is 0 Å². The molecule has 1 aromatic carbocycles. The van der Waals surface area contributed by atoms with Crippen LogP contribution in [0.25, 0.3) is 6.08 Å². The minimum atomic E-state index is -0.759. The van der Waals surface area contributed by atoms with Crippen molar-refractivity contribution in [2.24, 2.45) is 0 Å². The Bertz CT molecular complexity index is 642. The summed E-state index contributed by atoms with van der Waals surface area (Å²) in [7, 11) is 0. The molecule has 0 spiro atoms. The van der Waals surface area contributed by atoms with Gasteiger partial charge in [0, 0.05) is 19.2 Å². The normalized spacial score (nSPS) is 16.1. The Hall–Kier alpha value is -2.30. The number of amides is 2. The van der Waals surface area contributed by atoms with Gasteiger partial charge in [0.25, 0.3) is 0 Å². The average Bonchev–Trinajstić information content (AvgIpc) is 2.69. The predicted molar refractivity (Wildman–Crippen MR) is 109 cm³/mol. The van der Waals surface area contributed by atoms with Gasteiger partial charge in [-0.25, -0.2) is 0 Å². The number of hydrogen-bond acceptors (Lipinski definition) is 3. The Kier molecular flexibility index (Phi) is 7.89. The number of ether oxygens (including phenoxy) is 1. The van der Waals surface area contributed by atoms with Crippen LogP contribution < -0.4 is 10.1 Å². The van der Waals surface area contributed by atoms with Gasteiger partial charge in [0.2, 0.25) is 11.8 Å². The Balaban J connectivity index is 2.08. The molecule has 1 fully saturated rings. The zero-order valence-electron chi connectivity index (χ0n) is 16.8. The summed E-state index contributed by atoms with van der Waals surface area (Å²) < 4.78 is 5.42. The summed E-state index contributed by atoms with van der Waals surface area (Å²) in [4.78, 5) is 27.5. The van der Waals surface area contributed by atoms with Gasteiger partial charge in [-0.3, -0.25) is 9.59 Å². The highest BCUT2D eigenvalue weighted by atomic mass is 16.5. The van der Waals surface area contributed by atoms with E-state index in [1.807, 2.05) is 49.9 Å². The summed E-state index contributed by atoms with van der Waals surface area (Å²) in [5.41, 5.74) is 0.159. The Morgan fingerprint density at radius 1 is 1.07 bits per heavy atom. The topological polar surface area (TPSA) is 58.6 Å². The van der Waals surface area contributed by atoms with Crippen LogP contribution in [-0.4, -0.2) is 41.9 Å². The molecule has 5 heteroatoms. The SMILES string of the molecule is CCOc1ccc(C=CC(=O)NC2(C(=O)N(CC)CC)CCCCC2)cc1. The fraction of sp³-hybridized carbons (Fsp3) is 0.545. The molecule has 0 aliphatic heterocycles. The molecule has 5 nitrogen and oxygen atoms in total. The molecule has 1 aliphatic carbocycles. The van der Waals surface area contributed by atoms with Crippen molar-refractivity contribution in [2.75, 3.05) is 19.7 Å². The van der Waals surface area contributed by atoms with Gasteiger partial charge >= 0.3 is 0 Å². The van der Waals surface area contributed by atoms with Gasteiger partial charge in [-0.1, -0.05) is 31.4 Å². The van der Waals surface area contributed by atoms with Crippen LogP contribution in [0.2, 0.25) is 0 Å². The van der Waals surface area contributed by atoms with Crippen LogP contribution in [0.1, 0.15) is 58.4 Å². The first-order chi connectivity index (χ1) is 13.0. The molecule has 2 amide bonds. The van der Waals surface area contributed by atoms with Crippen LogP contribution in [0, 0.1) is 0 Å². The Labute approximate surface area is 162 Å². The lowest BCUT2D eigenvalue weighted by Crippen LogP contribution is -2.60. The average molecular weight is 373 g/mol. The minimum Gasteiger partial charge on any atom is -0.494 e. The van der Waals surface area contributed by atoms with Crippen LogP contribution in [0.3, 0.4) is 0 Å². The lowest BCUT2D eigenvalue weighted by Gasteiger charge is -2.39. The number of nitrogens with one attached hydrogen (secondary N) is 1. The first-order valence-corrected chi connectivity index (χ1v) is 10.1. The quantitative estimate of drug-likeness (QED) is 0.707. The highest BCUT2D eigenvalue weighted by molar-refractivity contribution is 5.97. The van der Waals surface area contributed by atoms with E-state index < -0.39 is 5.54 Å². The van der Waals surface area contributed by atoms with E-state index in [1.165, 1.54) is 6.08 Å². The lowest BCUT2D eigenvalue weighted by atomic mass is 9.80. The molecular formula is C22H32N2O3. The van der Waals surface area contributed by atoms with Crippen molar-refractivity contribution >= 4 is 17.9 Å². The molecule has 0 unspecified atom stereocenters. The third kappa shape index (κ3) is 5.59. The molecule has 0 radical (unpaired) electrons. The van der Waals surface area contributed by atoms with E-state index in [9.17, 15) is 9.59 Å². The molecule has 0 aromatic heterocycles. The molecule has 0 bridgehead atoms. The molecule has 1 aliphatic rings. The van der Waals surface area contributed by atoms with Crippen LogP contribution >= 0.6 is 0 Å². The van der Waals surface area contributed by atoms with Gasteiger partial charge < -0.3 is 15.0 Å². The third-order valence-electron chi connectivity index (χ3n) is 5.15. The predicted octanol–water partition coefficient (Wildman–Crippen LogP) is 3.79.